The molecule has 1 saturated heterocycles. The van der Waals surface area contributed by atoms with E-state index in [1.807, 2.05) is 25.2 Å². The Morgan fingerprint density at radius 3 is 2.88 bits per heavy atom. The lowest BCUT2D eigenvalue weighted by atomic mass is 9.78. The van der Waals surface area contributed by atoms with E-state index in [1.165, 1.54) is 44.1 Å². The van der Waals surface area contributed by atoms with Crippen LogP contribution in [0.2, 0.25) is 0 Å². The molecule has 0 bridgehead atoms. The fourth-order valence-corrected chi connectivity index (χ4v) is 4.36. The smallest absolute Gasteiger partial charge is 0.236 e. The number of likely N-dealkylation sites (N-methyl/N-ethyl adjacent to an activating group) is 1. The van der Waals surface area contributed by atoms with Crippen molar-refractivity contribution < 1.29 is 9.53 Å². The lowest BCUT2D eigenvalue weighted by Crippen LogP contribution is -2.52. The molecular formula is C21H32N2O2. The highest BCUT2D eigenvalue weighted by Gasteiger charge is 2.35. The van der Waals surface area contributed by atoms with Gasteiger partial charge in [0.15, 0.2) is 0 Å². The van der Waals surface area contributed by atoms with E-state index in [0.29, 0.717) is 25.1 Å². The average Bonchev–Trinajstić information content (AvgIpc) is 2.61. The van der Waals surface area contributed by atoms with Crippen molar-refractivity contribution in [3.05, 3.63) is 29.8 Å². The predicted octanol–water partition coefficient (Wildman–Crippen LogP) is 3.49. The lowest BCUT2D eigenvalue weighted by molar-refractivity contribution is -0.138. The van der Waals surface area contributed by atoms with Gasteiger partial charge in [-0.3, -0.25) is 9.69 Å². The second-order valence-corrected chi connectivity index (χ2v) is 7.74. The molecule has 2 aliphatic rings. The van der Waals surface area contributed by atoms with Crippen molar-refractivity contribution in [1.82, 2.24) is 9.80 Å². The van der Waals surface area contributed by atoms with E-state index < -0.39 is 0 Å². The molecule has 0 N–H and O–H groups in total. The Kier molecular flexibility index (Phi) is 6.35. The van der Waals surface area contributed by atoms with Crippen LogP contribution in [-0.4, -0.2) is 55.0 Å². The molecule has 0 radical (unpaired) electrons. The maximum Gasteiger partial charge on any atom is 0.236 e. The van der Waals surface area contributed by atoms with Gasteiger partial charge >= 0.3 is 0 Å². The van der Waals surface area contributed by atoms with Crippen LogP contribution < -0.4 is 4.74 Å². The fourth-order valence-electron chi connectivity index (χ4n) is 4.36. The summed E-state index contributed by atoms with van der Waals surface area (Å²) in [7, 11) is 2.01. The van der Waals surface area contributed by atoms with Crippen molar-refractivity contribution in [1.29, 1.82) is 0 Å². The summed E-state index contributed by atoms with van der Waals surface area (Å²) in [5.41, 5.74) is 1.20. The van der Waals surface area contributed by atoms with Crippen LogP contribution in [0.15, 0.2) is 24.3 Å². The molecule has 1 saturated carbocycles. The molecule has 0 aromatic heterocycles. The molecule has 1 amide bonds. The van der Waals surface area contributed by atoms with Gasteiger partial charge in [0.1, 0.15) is 12.4 Å². The highest BCUT2D eigenvalue weighted by atomic mass is 16.5. The highest BCUT2D eigenvalue weighted by molar-refractivity contribution is 5.78. The SMILES string of the molecule is Cc1cccc(OCCN(C)CC(=O)N2CCCC3CCCCC32)c1. The number of carbonyl (C=O) groups is 1. The van der Waals surface area contributed by atoms with E-state index in [9.17, 15) is 4.79 Å². The van der Waals surface area contributed by atoms with Crippen molar-refractivity contribution in [2.75, 3.05) is 33.3 Å². The Balaban J connectivity index is 1.43. The van der Waals surface area contributed by atoms with Gasteiger partial charge in [0, 0.05) is 19.1 Å². The molecule has 25 heavy (non-hydrogen) atoms. The minimum Gasteiger partial charge on any atom is -0.492 e. The van der Waals surface area contributed by atoms with E-state index in [4.69, 9.17) is 4.74 Å². The number of rotatable bonds is 6. The van der Waals surface area contributed by atoms with Crippen molar-refractivity contribution >= 4 is 5.91 Å². The van der Waals surface area contributed by atoms with Crippen LogP contribution in [0, 0.1) is 12.8 Å². The number of hydrogen-bond acceptors (Lipinski definition) is 3. The predicted molar refractivity (Wildman–Crippen MR) is 101 cm³/mol. The van der Waals surface area contributed by atoms with Gasteiger partial charge in [0.2, 0.25) is 5.91 Å². The van der Waals surface area contributed by atoms with Gasteiger partial charge in [-0.2, -0.15) is 0 Å². The number of fused-ring (bicyclic) bond motifs is 1. The summed E-state index contributed by atoms with van der Waals surface area (Å²) in [6, 6.07) is 8.60. The summed E-state index contributed by atoms with van der Waals surface area (Å²) in [6.45, 7) is 4.89. The Morgan fingerprint density at radius 2 is 2.04 bits per heavy atom. The highest BCUT2D eigenvalue weighted by Crippen LogP contribution is 2.35. The van der Waals surface area contributed by atoms with E-state index in [2.05, 4.69) is 22.8 Å². The maximum absolute atomic E-state index is 12.8. The van der Waals surface area contributed by atoms with Crippen LogP contribution in [0.4, 0.5) is 0 Å². The summed E-state index contributed by atoms with van der Waals surface area (Å²) in [5.74, 6) is 1.96. The van der Waals surface area contributed by atoms with Gasteiger partial charge in [0.25, 0.3) is 0 Å². The number of benzene rings is 1. The molecule has 1 aliphatic carbocycles. The third kappa shape index (κ3) is 4.97. The molecule has 1 heterocycles. The summed E-state index contributed by atoms with van der Waals surface area (Å²) < 4.78 is 5.80. The van der Waals surface area contributed by atoms with Crippen molar-refractivity contribution in [2.24, 2.45) is 5.92 Å². The number of carbonyl (C=O) groups excluding carboxylic acids is 1. The summed E-state index contributed by atoms with van der Waals surface area (Å²) in [5, 5.41) is 0. The molecule has 1 aromatic rings. The molecule has 2 fully saturated rings. The Morgan fingerprint density at radius 1 is 1.24 bits per heavy atom. The molecule has 138 valence electrons. The topological polar surface area (TPSA) is 32.8 Å². The second kappa shape index (κ2) is 8.70. The Hall–Kier alpha value is -1.55. The largest absolute Gasteiger partial charge is 0.492 e. The Bertz CT molecular complexity index is 573. The normalized spacial score (nSPS) is 23.4. The van der Waals surface area contributed by atoms with Gasteiger partial charge in [0.05, 0.1) is 6.54 Å². The van der Waals surface area contributed by atoms with Gasteiger partial charge in [-0.15, -0.1) is 0 Å². The zero-order valence-electron chi connectivity index (χ0n) is 15.7. The third-order valence-electron chi connectivity index (χ3n) is 5.70. The average molecular weight is 344 g/mol. The number of amides is 1. The van der Waals surface area contributed by atoms with Crippen LogP contribution in [0.3, 0.4) is 0 Å². The number of hydrogen-bond donors (Lipinski definition) is 0. The molecule has 1 aliphatic heterocycles. The molecule has 0 spiro atoms. The van der Waals surface area contributed by atoms with Crippen molar-refractivity contribution in [2.45, 2.75) is 51.5 Å². The van der Waals surface area contributed by atoms with Crippen LogP contribution in [0.1, 0.15) is 44.1 Å². The first-order valence-electron chi connectivity index (χ1n) is 9.81. The first-order chi connectivity index (χ1) is 12.1. The van der Waals surface area contributed by atoms with E-state index >= 15 is 0 Å². The monoisotopic (exact) mass is 344 g/mol. The van der Waals surface area contributed by atoms with Gasteiger partial charge in [-0.1, -0.05) is 25.0 Å². The van der Waals surface area contributed by atoms with Crippen LogP contribution in [-0.2, 0) is 4.79 Å². The molecule has 4 nitrogen and oxygen atoms in total. The maximum atomic E-state index is 12.8. The van der Waals surface area contributed by atoms with Crippen molar-refractivity contribution in [3.8, 4) is 5.75 Å². The van der Waals surface area contributed by atoms with Gasteiger partial charge in [-0.05, 0) is 63.3 Å². The molecule has 2 atom stereocenters. The second-order valence-electron chi connectivity index (χ2n) is 7.74. The number of piperidine rings is 1. The number of likely N-dealkylation sites (tertiary alicyclic amines) is 1. The van der Waals surface area contributed by atoms with Gasteiger partial charge in [-0.25, -0.2) is 0 Å². The van der Waals surface area contributed by atoms with Crippen LogP contribution >= 0.6 is 0 Å². The van der Waals surface area contributed by atoms with E-state index in [1.54, 1.807) is 0 Å². The number of aryl methyl sites for hydroxylation is 1. The molecular weight excluding hydrogens is 312 g/mol. The Labute approximate surface area is 152 Å². The van der Waals surface area contributed by atoms with Gasteiger partial charge < -0.3 is 9.64 Å². The molecule has 2 unspecified atom stereocenters. The minimum absolute atomic E-state index is 0.301. The zero-order valence-corrected chi connectivity index (χ0v) is 15.7. The lowest BCUT2D eigenvalue weighted by Gasteiger charge is -2.44. The first-order valence-corrected chi connectivity index (χ1v) is 9.81. The standard InChI is InChI=1S/C21H32N2O2/c1-17-7-5-10-19(15-17)25-14-13-22(2)16-21(24)23-12-6-9-18-8-3-4-11-20(18)23/h5,7,10,15,18,20H,3-4,6,8-9,11-14,16H2,1-2H3. The molecule has 1 aromatic carbocycles. The van der Waals surface area contributed by atoms with Crippen molar-refractivity contribution in [3.63, 3.8) is 0 Å². The number of nitrogens with zero attached hydrogens (tertiary/aromatic N) is 2. The zero-order chi connectivity index (χ0) is 17.6. The molecule has 3 rings (SSSR count). The summed E-state index contributed by atoms with van der Waals surface area (Å²) in [6.07, 6.45) is 7.64. The fraction of sp³-hybridized carbons (Fsp3) is 0.667. The number of ether oxygens (including phenoxy) is 1. The van der Waals surface area contributed by atoms with Crippen LogP contribution in [0.25, 0.3) is 0 Å². The van der Waals surface area contributed by atoms with E-state index in [0.717, 1.165) is 24.8 Å². The van der Waals surface area contributed by atoms with E-state index in [-0.39, 0.29) is 0 Å². The first kappa shape index (κ1) is 18.2. The summed E-state index contributed by atoms with van der Waals surface area (Å²) >= 11 is 0. The van der Waals surface area contributed by atoms with Crippen LogP contribution in [0.5, 0.6) is 5.75 Å². The molecule has 4 heteroatoms. The minimum atomic E-state index is 0.301. The quantitative estimate of drug-likeness (QED) is 0.792. The third-order valence-corrected chi connectivity index (χ3v) is 5.70. The summed E-state index contributed by atoms with van der Waals surface area (Å²) in [4.78, 5) is 17.1.